The molecule has 0 aliphatic carbocycles. The minimum Gasteiger partial charge on any atom is -0.480 e. The van der Waals surface area contributed by atoms with Crippen LogP contribution in [-0.2, 0) is 4.74 Å². The van der Waals surface area contributed by atoms with Gasteiger partial charge in [0.25, 0.3) is 0 Å². The number of carbonyl (C=O) groups excluding carboxylic acids is 1. The maximum absolute atomic E-state index is 11.9. The molecule has 2 aromatic rings. The van der Waals surface area contributed by atoms with Gasteiger partial charge < -0.3 is 25.2 Å². The van der Waals surface area contributed by atoms with Gasteiger partial charge in [0.1, 0.15) is 5.69 Å². The Hall–Kier alpha value is -2.64. The Morgan fingerprint density at radius 3 is 2.72 bits per heavy atom. The molecular weight excluding hydrogens is 322 g/mol. The molecule has 0 spiro atoms. The second-order valence-corrected chi connectivity index (χ2v) is 5.44. The number of pyridine rings is 1. The number of benzene rings is 1. The summed E-state index contributed by atoms with van der Waals surface area (Å²) in [5.74, 6) is 0.318. The first-order valence-electron chi connectivity index (χ1n) is 7.98. The summed E-state index contributed by atoms with van der Waals surface area (Å²) in [6, 6.07) is 12.6. The zero-order valence-electron chi connectivity index (χ0n) is 14.3. The van der Waals surface area contributed by atoms with E-state index < -0.39 is 12.1 Å². The monoisotopic (exact) mass is 345 g/mol. The van der Waals surface area contributed by atoms with Gasteiger partial charge in [0, 0.05) is 12.7 Å². The highest BCUT2D eigenvalue weighted by Gasteiger charge is 2.12. The van der Waals surface area contributed by atoms with Crippen molar-refractivity contribution in [1.82, 2.24) is 10.3 Å². The lowest BCUT2D eigenvalue weighted by molar-refractivity contribution is -0.000953. The fraction of sp³-hybridized carbons (Fsp3) is 0.333. The van der Waals surface area contributed by atoms with Crippen molar-refractivity contribution in [3.63, 3.8) is 0 Å². The number of amides is 2. The highest BCUT2D eigenvalue weighted by molar-refractivity contribution is 5.90. The molecule has 7 heteroatoms. The molecule has 2 rings (SSSR count). The number of aliphatic hydroxyl groups excluding tert-OH is 1. The van der Waals surface area contributed by atoms with Crippen LogP contribution in [0.5, 0.6) is 5.88 Å². The molecular formula is C18H23N3O4. The minimum absolute atomic E-state index is 0.0654. The fourth-order valence-electron chi connectivity index (χ4n) is 2.16. The van der Waals surface area contributed by atoms with Crippen LogP contribution in [0.3, 0.4) is 0 Å². The van der Waals surface area contributed by atoms with E-state index in [0.29, 0.717) is 11.6 Å². The fourth-order valence-corrected chi connectivity index (χ4v) is 2.16. The van der Waals surface area contributed by atoms with Crippen molar-refractivity contribution in [2.75, 3.05) is 25.6 Å². The molecule has 0 saturated carbocycles. The van der Waals surface area contributed by atoms with Crippen LogP contribution >= 0.6 is 0 Å². The molecule has 0 unspecified atom stereocenters. The molecule has 0 aliphatic heterocycles. The van der Waals surface area contributed by atoms with E-state index in [-0.39, 0.29) is 19.3 Å². The van der Waals surface area contributed by atoms with Crippen molar-refractivity contribution in [3.05, 3.63) is 54.2 Å². The molecule has 1 aromatic heterocycles. The molecule has 0 aliphatic rings. The molecule has 7 nitrogen and oxygen atoms in total. The number of rotatable bonds is 8. The van der Waals surface area contributed by atoms with Gasteiger partial charge in [-0.05, 0) is 24.6 Å². The van der Waals surface area contributed by atoms with Crippen molar-refractivity contribution in [1.29, 1.82) is 0 Å². The van der Waals surface area contributed by atoms with Gasteiger partial charge in [-0.2, -0.15) is 0 Å². The van der Waals surface area contributed by atoms with E-state index in [4.69, 9.17) is 9.47 Å². The van der Waals surface area contributed by atoms with Gasteiger partial charge in [-0.1, -0.05) is 30.3 Å². The van der Waals surface area contributed by atoms with Gasteiger partial charge in [-0.3, -0.25) is 0 Å². The topological polar surface area (TPSA) is 92.7 Å². The summed E-state index contributed by atoms with van der Waals surface area (Å²) in [5, 5.41) is 15.2. The lowest BCUT2D eigenvalue weighted by Gasteiger charge is -2.17. The third kappa shape index (κ3) is 6.06. The van der Waals surface area contributed by atoms with Crippen molar-refractivity contribution < 1.29 is 19.4 Å². The van der Waals surface area contributed by atoms with Crippen LogP contribution < -0.4 is 15.4 Å². The standard InChI is InChI=1S/C18H23N3O4/c1-13(14-7-4-3-5-8-14)25-12-15(22)11-20-18(23)21-16-9-6-10-19-17(16)24-2/h3-10,13,15,22H,11-12H2,1-2H3,(H2,20,21,23)/t13-,15+/m1/s1. The number of nitrogens with zero attached hydrogens (tertiary/aromatic N) is 1. The van der Waals surface area contributed by atoms with E-state index in [0.717, 1.165) is 5.56 Å². The Balaban J connectivity index is 1.72. The van der Waals surface area contributed by atoms with Gasteiger partial charge in [0.2, 0.25) is 5.88 Å². The predicted molar refractivity (Wildman–Crippen MR) is 94.6 cm³/mol. The second-order valence-electron chi connectivity index (χ2n) is 5.44. The maximum Gasteiger partial charge on any atom is 0.319 e. The SMILES string of the molecule is COc1ncccc1NC(=O)NC[C@H](O)CO[C@H](C)c1ccccc1. The van der Waals surface area contributed by atoms with E-state index in [1.165, 1.54) is 7.11 Å². The Morgan fingerprint density at radius 1 is 1.24 bits per heavy atom. The summed E-state index contributed by atoms with van der Waals surface area (Å²) in [7, 11) is 1.47. The zero-order valence-corrected chi connectivity index (χ0v) is 14.3. The van der Waals surface area contributed by atoms with Gasteiger partial charge in [0.15, 0.2) is 0 Å². The third-order valence-electron chi connectivity index (χ3n) is 3.52. The van der Waals surface area contributed by atoms with Crippen LogP contribution in [0.15, 0.2) is 48.7 Å². The minimum atomic E-state index is -0.812. The van der Waals surface area contributed by atoms with Crippen molar-refractivity contribution in [2.45, 2.75) is 19.1 Å². The second kappa shape index (κ2) is 9.61. The number of nitrogens with one attached hydrogen (secondary N) is 2. The quantitative estimate of drug-likeness (QED) is 0.683. The molecule has 25 heavy (non-hydrogen) atoms. The number of aromatic nitrogens is 1. The number of urea groups is 1. The number of hydrogen-bond acceptors (Lipinski definition) is 5. The van der Waals surface area contributed by atoms with Gasteiger partial charge >= 0.3 is 6.03 Å². The molecule has 0 bridgehead atoms. The summed E-state index contributed by atoms with van der Waals surface area (Å²) >= 11 is 0. The van der Waals surface area contributed by atoms with E-state index in [9.17, 15) is 9.90 Å². The van der Waals surface area contributed by atoms with Crippen molar-refractivity contribution in [3.8, 4) is 5.88 Å². The highest BCUT2D eigenvalue weighted by atomic mass is 16.5. The predicted octanol–water partition coefficient (Wildman–Crippen LogP) is 2.35. The largest absolute Gasteiger partial charge is 0.480 e. The summed E-state index contributed by atoms with van der Waals surface area (Å²) < 4.78 is 10.7. The number of methoxy groups -OCH3 is 1. The van der Waals surface area contributed by atoms with Crippen LogP contribution in [-0.4, -0.2) is 42.5 Å². The molecule has 2 amide bonds. The highest BCUT2D eigenvalue weighted by Crippen LogP contribution is 2.19. The molecule has 1 aromatic carbocycles. The number of ether oxygens (including phenoxy) is 2. The molecule has 0 radical (unpaired) electrons. The number of anilines is 1. The molecule has 2 atom stereocenters. The van der Waals surface area contributed by atoms with E-state index >= 15 is 0 Å². The Labute approximate surface area is 147 Å². The average molecular weight is 345 g/mol. The first kappa shape index (κ1) is 18.7. The average Bonchev–Trinajstić information content (AvgIpc) is 2.65. The van der Waals surface area contributed by atoms with Crippen LogP contribution in [0.4, 0.5) is 10.5 Å². The molecule has 0 fully saturated rings. The van der Waals surface area contributed by atoms with Crippen LogP contribution in [0.25, 0.3) is 0 Å². The smallest absolute Gasteiger partial charge is 0.319 e. The molecule has 0 saturated heterocycles. The first-order valence-corrected chi connectivity index (χ1v) is 7.98. The van der Waals surface area contributed by atoms with Gasteiger partial charge in [-0.25, -0.2) is 9.78 Å². The van der Waals surface area contributed by atoms with Crippen LogP contribution in [0.1, 0.15) is 18.6 Å². The van der Waals surface area contributed by atoms with E-state index in [2.05, 4.69) is 15.6 Å². The summed E-state index contributed by atoms with van der Waals surface area (Å²) in [4.78, 5) is 15.9. The molecule has 3 N–H and O–H groups in total. The maximum atomic E-state index is 11.9. The molecule has 134 valence electrons. The van der Waals surface area contributed by atoms with Crippen molar-refractivity contribution in [2.24, 2.45) is 0 Å². The van der Waals surface area contributed by atoms with Gasteiger partial charge in [0.05, 0.1) is 25.9 Å². The number of carbonyl (C=O) groups is 1. The Morgan fingerprint density at radius 2 is 2.00 bits per heavy atom. The van der Waals surface area contributed by atoms with Crippen molar-refractivity contribution >= 4 is 11.7 Å². The van der Waals surface area contributed by atoms with E-state index in [1.54, 1.807) is 18.3 Å². The number of hydrogen-bond donors (Lipinski definition) is 3. The Bertz CT molecular complexity index is 666. The lowest BCUT2D eigenvalue weighted by atomic mass is 10.1. The van der Waals surface area contributed by atoms with Gasteiger partial charge in [-0.15, -0.1) is 0 Å². The summed E-state index contributed by atoms with van der Waals surface area (Å²) in [6.07, 6.45) is 0.619. The normalized spacial score (nSPS) is 12.9. The van der Waals surface area contributed by atoms with Crippen LogP contribution in [0.2, 0.25) is 0 Å². The zero-order chi connectivity index (χ0) is 18.1. The first-order chi connectivity index (χ1) is 12.1. The Kier molecular flexibility index (Phi) is 7.18. The lowest BCUT2D eigenvalue weighted by Crippen LogP contribution is -2.37. The summed E-state index contributed by atoms with van der Waals surface area (Å²) in [6.45, 7) is 2.10. The number of aliphatic hydroxyl groups is 1. The molecule has 1 heterocycles. The van der Waals surface area contributed by atoms with Crippen LogP contribution in [0, 0.1) is 0 Å². The van der Waals surface area contributed by atoms with E-state index in [1.807, 2.05) is 37.3 Å². The third-order valence-corrected chi connectivity index (χ3v) is 3.52. The summed E-state index contributed by atoms with van der Waals surface area (Å²) in [5.41, 5.74) is 1.48.